The highest BCUT2D eigenvalue weighted by Gasteiger charge is 2.29. The molecule has 3 nitrogen and oxygen atoms in total. The van der Waals surface area contributed by atoms with Gasteiger partial charge in [-0.2, -0.15) is 0 Å². The molecule has 0 atom stereocenters. The molecule has 0 unspecified atom stereocenters. The van der Waals surface area contributed by atoms with Crippen LogP contribution in [0.4, 0.5) is 5.69 Å². The molecule has 0 saturated carbocycles. The highest BCUT2D eigenvalue weighted by molar-refractivity contribution is 6.38. The third-order valence-corrected chi connectivity index (χ3v) is 6.09. The van der Waals surface area contributed by atoms with Gasteiger partial charge in [0, 0.05) is 21.8 Å². The minimum absolute atomic E-state index is 0.0969. The van der Waals surface area contributed by atoms with Gasteiger partial charge in [0.15, 0.2) is 0 Å². The van der Waals surface area contributed by atoms with E-state index in [9.17, 15) is 4.79 Å². The predicted octanol–water partition coefficient (Wildman–Crippen LogP) is 6.85. The average molecular weight is 452 g/mol. The lowest BCUT2D eigenvalue weighted by Crippen LogP contribution is -2.06. The molecule has 33 heavy (non-hydrogen) atoms. The average Bonchev–Trinajstić information content (AvgIpc) is 3.16. The summed E-state index contributed by atoms with van der Waals surface area (Å²) in [6.45, 7) is 0. The Bertz CT molecular complexity index is 1340. The first-order chi connectivity index (χ1) is 16.1. The Morgan fingerprint density at radius 2 is 1.48 bits per heavy atom. The number of halogens is 1. The van der Waals surface area contributed by atoms with Crippen LogP contribution in [-0.2, 0) is 11.2 Å². The summed E-state index contributed by atoms with van der Waals surface area (Å²) >= 11 is 6.13. The second kappa shape index (κ2) is 8.97. The Labute approximate surface area is 198 Å². The first kappa shape index (κ1) is 21.0. The molecule has 4 aromatic carbocycles. The Morgan fingerprint density at radius 1 is 0.818 bits per heavy atom. The van der Waals surface area contributed by atoms with E-state index in [1.165, 1.54) is 5.56 Å². The van der Waals surface area contributed by atoms with Gasteiger partial charge in [0.25, 0.3) is 5.91 Å². The number of hydrogen-bond acceptors (Lipinski definition) is 2. The highest BCUT2D eigenvalue weighted by Crippen LogP contribution is 2.40. The summed E-state index contributed by atoms with van der Waals surface area (Å²) in [7, 11) is 1.66. The van der Waals surface area contributed by atoms with Crippen molar-refractivity contribution in [3.8, 4) is 5.75 Å². The molecule has 1 amide bonds. The quantitative estimate of drug-likeness (QED) is 0.337. The van der Waals surface area contributed by atoms with Gasteiger partial charge in [-0.05, 0) is 59.0 Å². The van der Waals surface area contributed by atoms with Crippen molar-refractivity contribution in [2.45, 2.75) is 6.42 Å². The SMILES string of the molecule is COc1ccc(Cc2ccc3c(c2)NC(=O)/C3=C(\c2ccccc2)c2ccc(Cl)cc2)cc1. The molecule has 0 aliphatic carbocycles. The van der Waals surface area contributed by atoms with Crippen LogP contribution in [-0.4, -0.2) is 13.0 Å². The fraction of sp³-hybridized carbons (Fsp3) is 0.0690. The molecule has 0 spiro atoms. The molecular weight excluding hydrogens is 430 g/mol. The van der Waals surface area contributed by atoms with Crippen LogP contribution in [0, 0.1) is 0 Å². The van der Waals surface area contributed by atoms with Crippen LogP contribution < -0.4 is 10.1 Å². The van der Waals surface area contributed by atoms with Crippen LogP contribution in [0.15, 0.2) is 97.1 Å². The van der Waals surface area contributed by atoms with Gasteiger partial charge in [-0.15, -0.1) is 0 Å². The number of anilines is 1. The van der Waals surface area contributed by atoms with Gasteiger partial charge >= 0.3 is 0 Å². The second-order valence-electron chi connectivity index (χ2n) is 7.98. The van der Waals surface area contributed by atoms with E-state index >= 15 is 0 Å². The summed E-state index contributed by atoms with van der Waals surface area (Å²) in [5, 5.41) is 3.74. The molecular formula is C29H22ClNO2. The maximum absolute atomic E-state index is 13.2. The third kappa shape index (κ3) is 4.28. The topological polar surface area (TPSA) is 38.3 Å². The smallest absolute Gasteiger partial charge is 0.257 e. The molecule has 5 rings (SSSR count). The molecule has 4 aromatic rings. The Balaban J connectivity index is 1.58. The van der Waals surface area contributed by atoms with Gasteiger partial charge in [0.1, 0.15) is 5.75 Å². The monoisotopic (exact) mass is 451 g/mol. The number of nitrogens with one attached hydrogen (secondary N) is 1. The summed E-state index contributed by atoms with van der Waals surface area (Å²) in [6.07, 6.45) is 0.773. The number of benzene rings is 4. The summed E-state index contributed by atoms with van der Waals surface area (Å²) in [5.74, 6) is 0.741. The van der Waals surface area contributed by atoms with Gasteiger partial charge in [-0.3, -0.25) is 4.79 Å². The van der Waals surface area contributed by atoms with Crippen LogP contribution in [0.2, 0.25) is 5.02 Å². The van der Waals surface area contributed by atoms with E-state index < -0.39 is 0 Å². The van der Waals surface area contributed by atoms with Crippen LogP contribution in [0.25, 0.3) is 11.1 Å². The van der Waals surface area contributed by atoms with Crippen molar-refractivity contribution < 1.29 is 9.53 Å². The van der Waals surface area contributed by atoms with Gasteiger partial charge < -0.3 is 10.1 Å². The fourth-order valence-corrected chi connectivity index (χ4v) is 4.36. The lowest BCUT2D eigenvalue weighted by atomic mass is 9.89. The van der Waals surface area contributed by atoms with Gasteiger partial charge in [-0.1, -0.05) is 78.3 Å². The lowest BCUT2D eigenvalue weighted by molar-refractivity contribution is -0.110. The standard InChI is InChI=1S/C29H22ClNO2/c1-33-24-14-7-19(8-15-24)17-20-9-16-25-26(18-20)31-29(32)28(25)27(21-5-3-2-4-6-21)22-10-12-23(30)13-11-22/h2-16,18H,17H2,1H3,(H,31,32)/b28-27+. The maximum Gasteiger partial charge on any atom is 0.257 e. The van der Waals surface area contributed by atoms with E-state index in [0.717, 1.165) is 45.7 Å². The number of rotatable bonds is 5. The number of fused-ring (bicyclic) bond motifs is 1. The van der Waals surface area contributed by atoms with Crippen molar-refractivity contribution in [1.82, 2.24) is 0 Å². The minimum atomic E-state index is -0.0969. The van der Waals surface area contributed by atoms with Crippen molar-refractivity contribution in [3.05, 3.63) is 130 Å². The zero-order valence-electron chi connectivity index (χ0n) is 18.1. The zero-order valence-corrected chi connectivity index (χ0v) is 18.9. The molecule has 0 radical (unpaired) electrons. The van der Waals surface area contributed by atoms with Gasteiger partial charge in [-0.25, -0.2) is 0 Å². The summed E-state index contributed by atoms with van der Waals surface area (Å²) in [5.41, 5.74) is 7.57. The minimum Gasteiger partial charge on any atom is -0.497 e. The molecule has 162 valence electrons. The molecule has 0 aromatic heterocycles. The van der Waals surface area contributed by atoms with E-state index in [1.807, 2.05) is 72.8 Å². The van der Waals surface area contributed by atoms with Gasteiger partial charge in [0.05, 0.1) is 12.7 Å². The molecule has 1 N–H and O–H groups in total. The van der Waals surface area contributed by atoms with Crippen LogP contribution in [0.5, 0.6) is 5.75 Å². The van der Waals surface area contributed by atoms with E-state index in [0.29, 0.717) is 10.6 Å². The Hall–Kier alpha value is -3.82. The van der Waals surface area contributed by atoms with Crippen LogP contribution in [0.3, 0.4) is 0 Å². The van der Waals surface area contributed by atoms with Crippen molar-refractivity contribution >= 4 is 34.3 Å². The summed E-state index contributed by atoms with van der Waals surface area (Å²) in [4.78, 5) is 13.2. The van der Waals surface area contributed by atoms with Crippen LogP contribution in [0.1, 0.15) is 27.8 Å². The molecule has 0 fully saturated rings. The lowest BCUT2D eigenvalue weighted by Gasteiger charge is -2.13. The molecule has 0 bridgehead atoms. The predicted molar refractivity (Wildman–Crippen MR) is 135 cm³/mol. The summed E-state index contributed by atoms with van der Waals surface area (Å²) < 4.78 is 5.25. The number of amides is 1. The molecule has 1 heterocycles. The number of carbonyl (C=O) groups is 1. The fourth-order valence-electron chi connectivity index (χ4n) is 4.23. The van der Waals surface area contributed by atoms with Crippen molar-refractivity contribution in [2.24, 2.45) is 0 Å². The molecule has 4 heteroatoms. The number of hydrogen-bond donors (Lipinski definition) is 1. The zero-order chi connectivity index (χ0) is 22.8. The normalized spacial score (nSPS) is 13.9. The maximum atomic E-state index is 13.2. The van der Waals surface area contributed by atoms with Gasteiger partial charge in [0.2, 0.25) is 0 Å². The van der Waals surface area contributed by atoms with Crippen LogP contribution >= 0.6 is 11.6 Å². The first-order valence-electron chi connectivity index (χ1n) is 10.8. The van der Waals surface area contributed by atoms with Crippen molar-refractivity contribution in [1.29, 1.82) is 0 Å². The van der Waals surface area contributed by atoms with E-state index in [4.69, 9.17) is 16.3 Å². The summed E-state index contributed by atoms with van der Waals surface area (Å²) in [6, 6.07) is 31.9. The Kier molecular flexibility index (Phi) is 5.72. The Morgan fingerprint density at radius 3 is 2.18 bits per heavy atom. The number of methoxy groups -OCH3 is 1. The van der Waals surface area contributed by atoms with E-state index in [-0.39, 0.29) is 5.91 Å². The number of carbonyl (C=O) groups excluding carboxylic acids is 1. The second-order valence-corrected chi connectivity index (χ2v) is 8.42. The van der Waals surface area contributed by atoms with Crippen molar-refractivity contribution in [3.63, 3.8) is 0 Å². The highest BCUT2D eigenvalue weighted by atomic mass is 35.5. The molecule has 1 aliphatic rings. The first-order valence-corrected chi connectivity index (χ1v) is 11.1. The van der Waals surface area contributed by atoms with Crippen molar-refractivity contribution in [2.75, 3.05) is 12.4 Å². The van der Waals surface area contributed by atoms with E-state index in [1.54, 1.807) is 7.11 Å². The third-order valence-electron chi connectivity index (χ3n) is 5.84. The largest absolute Gasteiger partial charge is 0.497 e. The number of ether oxygens (including phenoxy) is 1. The molecule has 0 saturated heterocycles. The molecule has 1 aliphatic heterocycles. The van der Waals surface area contributed by atoms with E-state index in [2.05, 4.69) is 29.6 Å².